The van der Waals surface area contributed by atoms with Crippen LogP contribution in [0.2, 0.25) is 0 Å². The summed E-state index contributed by atoms with van der Waals surface area (Å²) in [4.78, 5) is 26.6. The zero-order chi connectivity index (χ0) is 23.5. The summed E-state index contributed by atoms with van der Waals surface area (Å²) in [6.07, 6.45) is 1.50. The number of nitrogens with zero attached hydrogens (tertiary/aromatic N) is 1. The van der Waals surface area contributed by atoms with Crippen molar-refractivity contribution in [1.82, 2.24) is 0 Å². The van der Waals surface area contributed by atoms with Gasteiger partial charge in [0.1, 0.15) is 12.4 Å². The summed E-state index contributed by atoms with van der Waals surface area (Å²) in [6.45, 7) is 2.25. The van der Waals surface area contributed by atoms with Gasteiger partial charge in [0.15, 0.2) is 11.9 Å². The van der Waals surface area contributed by atoms with Crippen molar-refractivity contribution in [2.24, 2.45) is 0 Å². The second-order valence-electron chi connectivity index (χ2n) is 8.76. The molecular formula is C25H27FNO4S2+. The van der Waals surface area contributed by atoms with Crippen LogP contribution in [0, 0.1) is 5.82 Å². The highest BCUT2D eigenvalue weighted by Crippen LogP contribution is 2.37. The highest BCUT2D eigenvalue weighted by Gasteiger charge is 2.46. The van der Waals surface area contributed by atoms with Gasteiger partial charge in [0.25, 0.3) is 0 Å². The Bertz CT molecular complexity index is 1050. The van der Waals surface area contributed by atoms with Gasteiger partial charge in [0.2, 0.25) is 5.60 Å². The predicted molar refractivity (Wildman–Crippen MR) is 127 cm³/mol. The lowest BCUT2D eigenvalue weighted by Gasteiger charge is -2.30. The number of rotatable bonds is 9. The van der Waals surface area contributed by atoms with E-state index in [0.29, 0.717) is 45.6 Å². The van der Waals surface area contributed by atoms with Crippen LogP contribution >= 0.6 is 22.7 Å². The minimum atomic E-state index is -1.80. The summed E-state index contributed by atoms with van der Waals surface area (Å²) < 4.78 is 19.6. The van der Waals surface area contributed by atoms with Crippen LogP contribution < -0.4 is 0 Å². The number of esters is 1. The van der Waals surface area contributed by atoms with Crippen LogP contribution in [0.3, 0.4) is 0 Å². The summed E-state index contributed by atoms with van der Waals surface area (Å²) in [6, 6.07) is 12.7. The number of likely N-dealkylation sites (N-methyl/N-ethyl adjacent to an activating group) is 1. The summed E-state index contributed by atoms with van der Waals surface area (Å²) in [5, 5.41) is 15.1. The average Bonchev–Trinajstić information content (AvgIpc) is 3.57. The summed E-state index contributed by atoms with van der Waals surface area (Å²) in [7, 11) is 2.10. The number of hydrogen-bond donors (Lipinski definition) is 1. The fourth-order valence-electron chi connectivity index (χ4n) is 4.36. The van der Waals surface area contributed by atoms with Gasteiger partial charge in [-0.3, -0.25) is 4.79 Å². The molecule has 1 aliphatic rings. The lowest BCUT2D eigenvalue weighted by Crippen LogP contribution is -2.45. The SMILES string of the molecule is C[N@@+]1(CCCC(=O)c2ccc(F)cc2)CCC(OC(=O)C(O)(c2cccs2)c2cccs2)C1. The van der Waals surface area contributed by atoms with E-state index in [1.54, 1.807) is 12.1 Å². The number of ketones is 1. The van der Waals surface area contributed by atoms with Gasteiger partial charge in [-0.25, -0.2) is 9.18 Å². The molecule has 0 bridgehead atoms. The Morgan fingerprint density at radius 1 is 1.12 bits per heavy atom. The number of carbonyl (C=O) groups is 2. The molecule has 0 saturated carbocycles. The fraction of sp³-hybridized carbons (Fsp3) is 0.360. The second-order valence-corrected chi connectivity index (χ2v) is 10.7. The zero-order valence-electron chi connectivity index (χ0n) is 18.4. The third kappa shape index (κ3) is 5.24. The van der Waals surface area contributed by atoms with Crippen LogP contribution in [0.15, 0.2) is 59.3 Å². The van der Waals surface area contributed by atoms with Gasteiger partial charge >= 0.3 is 5.97 Å². The van der Waals surface area contributed by atoms with Crippen molar-refractivity contribution in [3.05, 3.63) is 80.4 Å². The van der Waals surface area contributed by atoms with Crippen molar-refractivity contribution in [1.29, 1.82) is 0 Å². The first-order valence-corrected chi connectivity index (χ1v) is 12.7. The van der Waals surface area contributed by atoms with E-state index >= 15 is 0 Å². The monoisotopic (exact) mass is 488 g/mol. The molecule has 1 aromatic carbocycles. The van der Waals surface area contributed by atoms with Gasteiger partial charge < -0.3 is 14.3 Å². The smallest absolute Gasteiger partial charge is 0.349 e. The molecule has 0 spiro atoms. The van der Waals surface area contributed by atoms with Gasteiger partial charge in [-0.1, -0.05) is 12.1 Å². The molecule has 0 aliphatic carbocycles. The van der Waals surface area contributed by atoms with Crippen molar-refractivity contribution in [2.75, 3.05) is 26.7 Å². The Hall–Kier alpha value is -2.39. The number of quaternary nitrogens is 1. The highest BCUT2D eigenvalue weighted by molar-refractivity contribution is 7.12. The molecule has 3 heterocycles. The molecule has 4 rings (SSSR count). The number of benzene rings is 1. The highest BCUT2D eigenvalue weighted by atomic mass is 32.1. The first-order chi connectivity index (χ1) is 15.8. The standard InChI is InChI=1S/C25H27FNO4S2/c1-27(13-2-5-21(28)18-8-10-19(26)11-9-18)14-12-20(17-27)31-24(29)25(30,22-6-3-15-32-22)23-7-4-16-33-23/h3-4,6-11,15-16,20,30H,2,5,12-14,17H2,1H3/q+1/t20?,27-/m1/s1. The molecule has 8 heteroatoms. The largest absolute Gasteiger partial charge is 0.453 e. The molecule has 33 heavy (non-hydrogen) atoms. The molecule has 1 unspecified atom stereocenters. The molecule has 3 aromatic rings. The van der Waals surface area contributed by atoms with Crippen molar-refractivity contribution >= 4 is 34.4 Å². The first kappa shape index (κ1) is 23.8. The maximum Gasteiger partial charge on any atom is 0.349 e. The van der Waals surface area contributed by atoms with E-state index in [1.165, 1.54) is 46.9 Å². The number of likely N-dealkylation sites (tertiary alicyclic amines) is 1. The first-order valence-electron chi connectivity index (χ1n) is 10.9. The molecule has 1 saturated heterocycles. The van der Waals surface area contributed by atoms with E-state index in [4.69, 9.17) is 4.74 Å². The Morgan fingerprint density at radius 3 is 2.33 bits per heavy atom. The number of halogens is 1. The average molecular weight is 489 g/mol. The lowest BCUT2D eigenvalue weighted by atomic mass is 10.00. The molecule has 5 nitrogen and oxygen atoms in total. The Morgan fingerprint density at radius 2 is 1.76 bits per heavy atom. The Kier molecular flexibility index (Phi) is 7.09. The maximum absolute atomic E-state index is 13.2. The van der Waals surface area contributed by atoms with E-state index in [1.807, 2.05) is 22.9 Å². The van der Waals surface area contributed by atoms with Crippen LogP contribution in [0.5, 0.6) is 0 Å². The number of ether oxygens (including phenoxy) is 1. The lowest BCUT2D eigenvalue weighted by molar-refractivity contribution is -0.899. The molecule has 2 aromatic heterocycles. The van der Waals surface area contributed by atoms with Gasteiger partial charge in [0, 0.05) is 24.8 Å². The van der Waals surface area contributed by atoms with Crippen LogP contribution in [0.4, 0.5) is 4.39 Å². The van der Waals surface area contributed by atoms with Crippen molar-refractivity contribution in [3.63, 3.8) is 0 Å². The molecule has 174 valence electrons. The van der Waals surface area contributed by atoms with Gasteiger partial charge in [0.05, 0.1) is 29.9 Å². The molecule has 1 aliphatic heterocycles. The Labute approximate surface area is 200 Å². The minimum absolute atomic E-state index is 0.000680. The van der Waals surface area contributed by atoms with E-state index < -0.39 is 11.6 Å². The van der Waals surface area contributed by atoms with Crippen molar-refractivity contribution in [2.45, 2.75) is 31.0 Å². The van der Waals surface area contributed by atoms with E-state index in [2.05, 4.69) is 7.05 Å². The van der Waals surface area contributed by atoms with Gasteiger partial charge in [-0.15, -0.1) is 22.7 Å². The number of carbonyl (C=O) groups excluding carboxylic acids is 2. The minimum Gasteiger partial charge on any atom is -0.453 e. The molecule has 0 radical (unpaired) electrons. The number of thiophene rings is 2. The number of Topliss-reactive ketones (excluding diaryl/α,β-unsaturated/α-hetero) is 1. The van der Waals surface area contributed by atoms with E-state index in [9.17, 15) is 19.1 Å². The molecule has 2 atom stereocenters. The maximum atomic E-state index is 13.2. The summed E-state index contributed by atoms with van der Waals surface area (Å²) >= 11 is 2.65. The predicted octanol–water partition coefficient (Wildman–Crippen LogP) is 4.61. The molecule has 1 fully saturated rings. The third-order valence-corrected chi connectivity index (χ3v) is 8.19. The topological polar surface area (TPSA) is 63.6 Å². The normalized spacial score (nSPS) is 20.6. The zero-order valence-corrected chi connectivity index (χ0v) is 20.0. The summed E-state index contributed by atoms with van der Waals surface area (Å²) in [5.41, 5.74) is -1.27. The molecule has 0 amide bonds. The van der Waals surface area contributed by atoms with Crippen molar-refractivity contribution in [3.8, 4) is 0 Å². The number of hydrogen-bond acceptors (Lipinski definition) is 6. The van der Waals surface area contributed by atoms with Crippen LogP contribution in [0.1, 0.15) is 39.4 Å². The van der Waals surface area contributed by atoms with E-state index in [-0.39, 0.29) is 17.7 Å². The third-order valence-electron chi connectivity index (χ3n) is 6.23. The quantitative estimate of drug-likeness (QED) is 0.271. The second kappa shape index (κ2) is 9.85. The Balaban J connectivity index is 1.33. The van der Waals surface area contributed by atoms with Crippen molar-refractivity contribution < 1.29 is 28.3 Å². The molecular weight excluding hydrogens is 461 g/mol. The van der Waals surface area contributed by atoms with Crippen LogP contribution in [-0.4, -0.2) is 54.1 Å². The van der Waals surface area contributed by atoms with Crippen LogP contribution in [-0.2, 0) is 15.1 Å². The van der Waals surface area contributed by atoms with Gasteiger partial charge in [-0.05, 0) is 47.2 Å². The van der Waals surface area contributed by atoms with E-state index in [0.717, 1.165) is 13.1 Å². The summed E-state index contributed by atoms with van der Waals surface area (Å²) in [5.74, 6) is -0.995. The number of aliphatic hydroxyl groups is 1. The fourth-order valence-corrected chi connectivity index (χ4v) is 6.07. The van der Waals surface area contributed by atoms with Crippen LogP contribution in [0.25, 0.3) is 0 Å². The molecule has 1 N–H and O–H groups in total. The van der Waals surface area contributed by atoms with Gasteiger partial charge in [-0.2, -0.15) is 0 Å².